The van der Waals surface area contributed by atoms with Crippen molar-refractivity contribution in [3.8, 4) is 11.5 Å². The Morgan fingerprint density at radius 2 is 1.90 bits per heavy atom. The van der Waals surface area contributed by atoms with E-state index in [-0.39, 0.29) is 11.7 Å². The zero-order chi connectivity index (χ0) is 20.8. The number of nitrogens with one attached hydrogen (secondary N) is 1. The van der Waals surface area contributed by atoms with E-state index in [0.29, 0.717) is 22.7 Å². The van der Waals surface area contributed by atoms with Crippen LogP contribution in [0.1, 0.15) is 17.5 Å². The number of aryl methyl sites for hydroxylation is 1. The number of aromatic nitrogens is 6. The minimum absolute atomic E-state index is 0.160. The lowest BCUT2D eigenvalue weighted by Crippen LogP contribution is -2.14. The van der Waals surface area contributed by atoms with Gasteiger partial charge in [0.1, 0.15) is 10.7 Å². The molecule has 1 aromatic carbocycles. The number of hydrogen-bond donors (Lipinski definition) is 1. The van der Waals surface area contributed by atoms with Crippen LogP contribution >= 0.6 is 23.1 Å². The second kappa shape index (κ2) is 9.59. The number of thioether (sulfide) groups is 1. The van der Waals surface area contributed by atoms with Gasteiger partial charge in [-0.25, -0.2) is 0 Å². The molecule has 4 aromatic rings. The Balaban J connectivity index is 1.52. The summed E-state index contributed by atoms with van der Waals surface area (Å²) in [5, 5.41) is 21.5. The Morgan fingerprint density at radius 3 is 2.63 bits per heavy atom. The average molecular weight is 438 g/mol. The lowest BCUT2D eigenvalue weighted by molar-refractivity contribution is -0.113. The zero-order valence-corrected chi connectivity index (χ0v) is 17.9. The van der Waals surface area contributed by atoms with E-state index >= 15 is 0 Å². The van der Waals surface area contributed by atoms with Gasteiger partial charge in [0.05, 0.1) is 12.3 Å². The van der Waals surface area contributed by atoms with Gasteiger partial charge in [0.2, 0.25) is 11.0 Å². The summed E-state index contributed by atoms with van der Waals surface area (Å²) in [6.07, 6.45) is 2.52. The minimum Gasteiger partial charge on any atom is -0.300 e. The van der Waals surface area contributed by atoms with Crippen molar-refractivity contribution in [1.29, 1.82) is 0 Å². The van der Waals surface area contributed by atoms with Crippen molar-refractivity contribution in [2.75, 3.05) is 11.1 Å². The van der Waals surface area contributed by atoms with Crippen LogP contribution in [0.4, 0.5) is 5.13 Å². The Kier molecular flexibility index (Phi) is 6.45. The molecule has 3 aromatic heterocycles. The molecule has 30 heavy (non-hydrogen) atoms. The molecule has 8 nitrogen and oxygen atoms in total. The Morgan fingerprint density at radius 1 is 1.07 bits per heavy atom. The molecule has 1 N–H and O–H groups in total. The highest BCUT2D eigenvalue weighted by Gasteiger charge is 2.17. The fraction of sp³-hybridized carbons (Fsp3) is 0.200. The van der Waals surface area contributed by atoms with Gasteiger partial charge in [0.25, 0.3) is 0 Å². The topological polar surface area (TPSA) is 98.5 Å². The summed E-state index contributed by atoms with van der Waals surface area (Å²) in [4.78, 5) is 16.8. The van der Waals surface area contributed by atoms with E-state index in [2.05, 4.69) is 30.7 Å². The number of rotatable bonds is 8. The van der Waals surface area contributed by atoms with Gasteiger partial charge in [-0.15, -0.1) is 20.4 Å². The van der Waals surface area contributed by atoms with Gasteiger partial charge in [0.15, 0.2) is 11.0 Å². The second-order valence-corrected chi connectivity index (χ2v) is 8.29. The highest BCUT2D eigenvalue weighted by Crippen LogP contribution is 2.24. The SMILES string of the molecule is CCc1nnc(NC(=O)CSc2nnc(-c3ccccn3)n2Cc2ccccc2)s1. The summed E-state index contributed by atoms with van der Waals surface area (Å²) >= 11 is 2.71. The van der Waals surface area contributed by atoms with E-state index in [1.807, 2.05) is 60.0 Å². The number of amides is 1. The molecule has 0 saturated carbocycles. The van der Waals surface area contributed by atoms with Crippen LogP contribution in [0.25, 0.3) is 11.5 Å². The standard InChI is InChI=1S/C20H19N7OS2/c1-2-17-23-25-19(30-17)22-16(28)13-29-20-26-24-18(15-10-6-7-11-21-15)27(20)12-14-8-4-3-5-9-14/h3-11H,2,12-13H2,1H3,(H,22,25,28). The van der Waals surface area contributed by atoms with Crippen LogP contribution in [0.15, 0.2) is 59.9 Å². The lowest BCUT2D eigenvalue weighted by Gasteiger charge is -2.10. The largest absolute Gasteiger partial charge is 0.300 e. The van der Waals surface area contributed by atoms with Crippen LogP contribution in [0.2, 0.25) is 0 Å². The highest BCUT2D eigenvalue weighted by molar-refractivity contribution is 7.99. The van der Waals surface area contributed by atoms with Gasteiger partial charge >= 0.3 is 0 Å². The highest BCUT2D eigenvalue weighted by atomic mass is 32.2. The molecule has 0 aliphatic rings. The maximum atomic E-state index is 12.4. The summed E-state index contributed by atoms with van der Waals surface area (Å²) in [5.74, 6) is 0.697. The fourth-order valence-corrected chi connectivity index (χ4v) is 4.15. The van der Waals surface area contributed by atoms with Crippen LogP contribution in [0, 0.1) is 0 Å². The number of carbonyl (C=O) groups is 1. The summed E-state index contributed by atoms with van der Waals surface area (Å²) in [7, 11) is 0. The zero-order valence-electron chi connectivity index (χ0n) is 16.2. The molecule has 0 fully saturated rings. The quantitative estimate of drug-likeness (QED) is 0.421. The van der Waals surface area contributed by atoms with Crippen LogP contribution in [0.5, 0.6) is 0 Å². The average Bonchev–Trinajstić information content (AvgIpc) is 3.40. The van der Waals surface area contributed by atoms with Crippen molar-refractivity contribution >= 4 is 34.1 Å². The number of benzene rings is 1. The third-order valence-electron chi connectivity index (χ3n) is 4.14. The maximum Gasteiger partial charge on any atom is 0.236 e. The van der Waals surface area contributed by atoms with Crippen molar-refractivity contribution < 1.29 is 4.79 Å². The first-order valence-corrected chi connectivity index (χ1v) is 11.2. The van der Waals surface area contributed by atoms with Crippen molar-refractivity contribution in [3.05, 3.63) is 65.3 Å². The van der Waals surface area contributed by atoms with Crippen molar-refractivity contribution in [1.82, 2.24) is 29.9 Å². The van der Waals surface area contributed by atoms with Crippen molar-refractivity contribution in [2.24, 2.45) is 0 Å². The third kappa shape index (κ3) is 4.89. The van der Waals surface area contributed by atoms with Gasteiger partial charge in [-0.1, -0.05) is 66.4 Å². The number of pyridine rings is 1. The van der Waals surface area contributed by atoms with E-state index in [1.165, 1.54) is 23.1 Å². The molecule has 1 amide bonds. The fourth-order valence-electron chi connectivity index (χ4n) is 2.72. The summed E-state index contributed by atoms with van der Waals surface area (Å²) < 4.78 is 1.98. The van der Waals surface area contributed by atoms with Crippen molar-refractivity contribution in [2.45, 2.75) is 25.0 Å². The van der Waals surface area contributed by atoms with Gasteiger partial charge in [-0.2, -0.15) is 0 Å². The lowest BCUT2D eigenvalue weighted by atomic mass is 10.2. The van der Waals surface area contributed by atoms with Crippen LogP contribution < -0.4 is 5.32 Å². The van der Waals surface area contributed by atoms with E-state index in [9.17, 15) is 4.79 Å². The van der Waals surface area contributed by atoms with Crippen molar-refractivity contribution in [3.63, 3.8) is 0 Å². The first kappa shape index (κ1) is 20.2. The number of anilines is 1. The molecule has 0 aliphatic carbocycles. The summed E-state index contributed by atoms with van der Waals surface area (Å²) in [5.41, 5.74) is 1.85. The Labute approximate surface area is 181 Å². The number of carbonyl (C=O) groups excluding carboxylic acids is 1. The first-order chi connectivity index (χ1) is 14.7. The molecule has 3 heterocycles. The molecule has 0 saturated heterocycles. The molecule has 0 radical (unpaired) electrons. The molecule has 4 rings (SSSR count). The molecule has 0 aliphatic heterocycles. The smallest absolute Gasteiger partial charge is 0.236 e. The Hall–Kier alpha value is -3.11. The van der Waals surface area contributed by atoms with Gasteiger partial charge in [0, 0.05) is 6.20 Å². The second-order valence-electron chi connectivity index (χ2n) is 6.28. The number of nitrogens with zero attached hydrogens (tertiary/aromatic N) is 6. The molecule has 0 atom stereocenters. The van der Waals surface area contributed by atoms with Crippen LogP contribution in [-0.4, -0.2) is 41.6 Å². The van der Waals surface area contributed by atoms with Crippen LogP contribution in [-0.2, 0) is 17.8 Å². The van der Waals surface area contributed by atoms with Gasteiger partial charge in [-0.3, -0.25) is 19.7 Å². The minimum atomic E-state index is -0.160. The van der Waals surface area contributed by atoms with Gasteiger partial charge in [-0.05, 0) is 24.1 Å². The molecular weight excluding hydrogens is 418 g/mol. The Bertz CT molecular complexity index is 1110. The summed E-state index contributed by atoms with van der Waals surface area (Å²) in [6, 6.07) is 15.7. The van der Waals surface area contributed by atoms with E-state index < -0.39 is 0 Å². The molecule has 152 valence electrons. The molecule has 0 unspecified atom stereocenters. The molecular formula is C20H19N7OS2. The molecule has 10 heteroatoms. The van der Waals surface area contributed by atoms with E-state index in [0.717, 1.165) is 22.7 Å². The van der Waals surface area contributed by atoms with E-state index in [1.54, 1.807) is 6.20 Å². The maximum absolute atomic E-state index is 12.4. The first-order valence-electron chi connectivity index (χ1n) is 9.36. The normalized spacial score (nSPS) is 10.8. The molecule has 0 bridgehead atoms. The summed E-state index contributed by atoms with van der Waals surface area (Å²) in [6.45, 7) is 2.58. The van der Waals surface area contributed by atoms with E-state index in [4.69, 9.17) is 0 Å². The third-order valence-corrected chi connectivity index (χ3v) is 6.09. The van der Waals surface area contributed by atoms with Crippen LogP contribution in [0.3, 0.4) is 0 Å². The molecule has 0 spiro atoms. The number of hydrogen-bond acceptors (Lipinski definition) is 8. The predicted octanol–water partition coefficient (Wildman–Crippen LogP) is 3.53. The predicted molar refractivity (Wildman–Crippen MR) is 117 cm³/mol. The monoisotopic (exact) mass is 437 g/mol. The van der Waals surface area contributed by atoms with Gasteiger partial charge < -0.3 is 0 Å².